The van der Waals surface area contributed by atoms with Crippen molar-refractivity contribution in [1.29, 1.82) is 0 Å². The molecule has 188 valence electrons. The number of nitrogens with zero attached hydrogens (tertiary/aromatic N) is 4. The average molecular weight is 497 g/mol. The molecule has 0 aliphatic carbocycles. The first-order chi connectivity index (χ1) is 18.1. The number of hydrogen-bond acceptors (Lipinski definition) is 7. The van der Waals surface area contributed by atoms with E-state index in [1.165, 1.54) is 0 Å². The number of amides is 1. The molecule has 2 N–H and O–H groups in total. The first-order valence-electron chi connectivity index (χ1n) is 12.2. The van der Waals surface area contributed by atoms with E-state index in [0.29, 0.717) is 47.7 Å². The summed E-state index contributed by atoms with van der Waals surface area (Å²) < 4.78 is 13.3. The molecule has 0 spiro atoms. The number of benzene rings is 2. The highest BCUT2D eigenvalue weighted by Gasteiger charge is 2.36. The minimum Gasteiger partial charge on any atom is -0.494 e. The molecular formula is C28H28N6O3. The number of nitrogens with one attached hydrogen (secondary N) is 2. The molecule has 1 aliphatic rings. The molecule has 9 nitrogen and oxygen atoms in total. The molecule has 0 bridgehead atoms. The van der Waals surface area contributed by atoms with Crippen molar-refractivity contribution in [2.24, 2.45) is 0 Å². The lowest BCUT2D eigenvalue weighted by Crippen LogP contribution is -2.31. The number of ether oxygens (including phenoxy) is 2. The van der Waals surface area contributed by atoms with E-state index in [2.05, 4.69) is 15.6 Å². The fourth-order valence-corrected chi connectivity index (χ4v) is 4.35. The van der Waals surface area contributed by atoms with Crippen LogP contribution in [0.3, 0.4) is 0 Å². The number of aromatic nitrogens is 4. The molecule has 0 fully saturated rings. The van der Waals surface area contributed by atoms with Gasteiger partial charge >= 0.3 is 0 Å². The Hall–Kier alpha value is -4.66. The third-order valence-corrected chi connectivity index (χ3v) is 5.95. The fourth-order valence-electron chi connectivity index (χ4n) is 4.35. The monoisotopic (exact) mass is 496 g/mol. The van der Waals surface area contributed by atoms with Crippen LogP contribution < -0.4 is 20.1 Å². The van der Waals surface area contributed by atoms with Crippen LogP contribution in [0.4, 0.5) is 11.6 Å². The largest absolute Gasteiger partial charge is 0.494 e. The van der Waals surface area contributed by atoms with E-state index >= 15 is 0 Å². The topological polar surface area (TPSA) is 103 Å². The van der Waals surface area contributed by atoms with Crippen LogP contribution >= 0.6 is 0 Å². The summed E-state index contributed by atoms with van der Waals surface area (Å²) >= 11 is 0. The number of fused-ring (bicyclic) bond motifs is 1. The molecule has 9 heteroatoms. The van der Waals surface area contributed by atoms with E-state index in [0.717, 1.165) is 16.9 Å². The van der Waals surface area contributed by atoms with Gasteiger partial charge in [-0.2, -0.15) is 4.98 Å². The number of pyridine rings is 1. The lowest BCUT2D eigenvalue weighted by molar-refractivity contribution is -0.113. The molecule has 37 heavy (non-hydrogen) atoms. The number of para-hydroxylation sites is 1. The van der Waals surface area contributed by atoms with Gasteiger partial charge in [0.1, 0.15) is 17.5 Å². The molecule has 4 aromatic rings. The van der Waals surface area contributed by atoms with Crippen molar-refractivity contribution in [2.75, 3.05) is 23.8 Å². The highest BCUT2D eigenvalue weighted by atomic mass is 16.5. The Balaban J connectivity index is 1.60. The van der Waals surface area contributed by atoms with Crippen molar-refractivity contribution in [2.45, 2.75) is 26.8 Å². The van der Waals surface area contributed by atoms with Gasteiger partial charge in [0, 0.05) is 23.0 Å². The van der Waals surface area contributed by atoms with Crippen LogP contribution in [0.5, 0.6) is 11.5 Å². The highest BCUT2D eigenvalue weighted by molar-refractivity contribution is 6.06. The van der Waals surface area contributed by atoms with Crippen LogP contribution in [-0.2, 0) is 4.79 Å². The van der Waals surface area contributed by atoms with Crippen molar-refractivity contribution in [1.82, 2.24) is 19.7 Å². The molecule has 0 saturated heterocycles. The first-order valence-corrected chi connectivity index (χ1v) is 12.2. The van der Waals surface area contributed by atoms with E-state index in [1.807, 2.05) is 69.3 Å². The number of carbonyl (C=O) groups is 1. The Morgan fingerprint density at radius 2 is 1.81 bits per heavy atom. The van der Waals surface area contributed by atoms with Crippen LogP contribution in [-0.4, -0.2) is 38.9 Å². The molecule has 0 radical (unpaired) electrons. The molecule has 2 aromatic carbocycles. The first kappa shape index (κ1) is 24.1. The van der Waals surface area contributed by atoms with Gasteiger partial charge in [-0.1, -0.05) is 18.2 Å². The maximum absolute atomic E-state index is 13.7. The third kappa shape index (κ3) is 4.88. The summed E-state index contributed by atoms with van der Waals surface area (Å²) in [5, 5.41) is 11.1. The minimum atomic E-state index is -0.570. The van der Waals surface area contributed by atoms with E-state index in [-0.39, 0.29) is 5.91 Å². The van der Waals surface area contributed by atoms with Gasteiger partial charge in [0.15, 0.2) is 5.82 Å². The van der Waals surface area contributed by atoms with E-state index < -0.39 is 6.04 Å². The van der Waals surface area contributed by atoms with Crippen LogP contribution in [0.25, 0.3) is 11.4 Å². The third-order valence-electron chi connectivity index (χ3n) is 5.95. The molecule has 1 aliphatic heterocycles. The predicted molar refractivity (Wildman–Crippen MR) is 142 cm³/mol. The maximum atomic E-state index is 13.7. The van der Waals surface area contributed by atoms with E-state index in [1.54, 1.807) is 29.2 Å². The summed E-state index contributed by atoms with van der Waals surface area (Å²) in [6.45, 7) is 6.83. The SMILES string of the molecule is CCOc1ccc(-c2nc3n(n2)C(c2ccccc2OCC)C(C(=O)Nc2cccnc2)=C(C)N3)cc1. The second-order valence-electron chi connectivity index (χ2n) is 8.39. The smallest absolute Gasteiger partial charge is 0.255 e. The molecule has 5 rings (SSSR count). The van der Waals surface area contributed by atoms with Gasteiger partial charge in [0.25, 0.3) is 5.91 Å². The molecule has 0 saturated carbocycles. The standard InChI is InChI=1S/C28H28N6O3/c1-4-36-21-14-12-19(13-15-21)26-32-28-30-18(3)24(27(35)31-20-9-8-16-29-17-20)25(34(28)33-26)22-10-6-7-11-23(22)37-5-2/h6-17,25H,4-5H2,1-3H3,(H,31,35)(H,30,32,33). The number of hydrogen-bond donors (Lipinski definition) is 2. The number of carbonyl (C=O) groups excluding carboxylic acids is 1. The average Bonchev–Trinajstić information content (AvgIpc) is 3.33. The van der Waals surface area contributed by atoms with Crippen molar-refractivity contribution >= 4 is 17.5 Å². The number of allylic oxidation sites excluding steroid dienone is 1. The van der Waals surface area contributed by atoms with Gasteiger partial charge in [-0.25, -0.2) is 4.68 Å². The van der Waals surface area contributed by atoms with Gasteiger partial charge in [0.05, 0.1) is 30.7 Å². The lowest BCUT2D eigenvalue weighted by atomic mass is 9.94. The zero-order valence-corrected chi connectivity index (χ0v) is 20.9. The Morgan fingerprint density at radius 3 is 2.54 bits per heavy atom. The Bertz CT molecular complexity index is 1430. The summed E-state index contributed by atoms with van der Waals surface area (Å²) in [5.74, 6) is 2.27. The Labute approximate surface area is 215 Å². The Kier molecular flexibility index (Phi) is 6.85. The molecule has 1 amide bonds. The van der Waals surface area contributed by atoms with E-state index in [4.69, 9.17) is 19.6 Å². The zero-order valence-electron chi connectivity index (χ0n) is 20.9. The minimum absolute atomic E-state index is 0.266. The van der Waals surface area contributed by atoms with Crippen molar-refractivity contribution in [3.8, 4) is 22.9 Å². The second-order valence-corrected chi connectivity index (χ2v) is 8.39. The van der Waals surface area contributed by atoms with Gasteiger partial charge in [0.2, 0.25) is 5.95 Å². The zero-order chi connectivity index (χ0) is 25.8. The molecule has 3 heterocycles. The molecule has 1 atom stereocenters. The van der Waals surface area contributed by atoms with E-state index in [9.17, 15) is 4.79 Å². The molecular weight excluding hydrogens is 468 g/mol. The predicted octanol–water partition coefficient (Wildman–Crippen LogP) is 5.07. The van der Waals surface area contributed by atoms with Crippen molar-refractivity contribution < 1.29 is 14.3 Å². The number of rotatable bonds is 8. The highest BCUT2D eigenvalue weighted by Crippen LogP contribution is 2.40. The molecule has 1 unspecified atom stereocenters. The quantitative estimate of drug-likeness (QED) is 0.351. The normalized spacial score (nSPS) is 14.5. The summed E-state index contributed by atoms with van der Waals surface area (Å²) in [6.07, 6.45) is 3.27. The lowest BCUT2D eigenvalue weighted by Gasteiger charge is -2.29. The van der Waals surface area contributed by atoms with Crippen molar-refractivity contribution in [3.63, 3.8) is 0 Å². The Morgan fingerprint density at radius 1 is 1.03 bits per heavy atom. The summed E-state index contributed by atoms with van der Waals surface area (Å²) in [7, 11) is 0. The van der Waals surface area contributed by atoms with Gasteiger partial charge < -0.3 is 20.1 Å². The summed E-state index contributed by atoms with van der Waals surface area (Å²) in [6, 6.07) is 18.3. The molecule has 2 aromatic heterocycles. The van der Waals surface area contributed by atoms with Gasteiger partial charge in [-0.05, 0) is 63.2 Å². The summed E-state index contributed by atoms with van der Waals surface area (Å²) in [5.41, 5.74) is 3.43. The van der Waals surface area contributed by atoms with Crippen LogP contribution in [0.1, 0.15) is 32.4 Å². The number of anilines is 2. The fraction of sp³-hybridized carbons (Fsp3) is 0.214. The van der Waals surface area contributed by atoms with Crippen LogP contribution in [0, 0.1) is 0 Å². The van der Waals surface area contributed by atoms with Crippen LogP contribution in [0.15, 0.2) is 84.3 Å². The maximum Gasteiger partial charge on any atom is 0.255 e. The summed E-state index contributed by atoms with van der Waals surface area (Å²) in [4.78, 5) is 22.5. The van der Waals surface area contributed by atoms with Crippen LogP contribution in [0.2, 0.25) is 0 Å². The van der Waals surface area contributed by atoms with Gasteiger partial charge in [-0.3, -0.25) is 9.78 Å². The van der Waals surface area contributed by atoms with Gasteiger partial charge in [-0.15, -0.1) is 5.10 Å². The second kappa shape index (κ2) is 10.5. The van der Waals surface area contributed by atoms with Crippen molar-refractivity contribution in [3.05, 3.63) is 89.9 Å².